The van der Waals surface area contributed by atoms with Crippen LogP contribution < -0.4 is 0 Å². The van der Waals surface area contributed by atoms with Gasteiger partial charge in [-0.2, -0.15) is 13.2 Å². The molecular formula is C12H8F3NOS. The van der Waals surface area contributed by atoms with E-state index in [1.165, 1.54) is 11.3 Å². The molecule has 0 saturated heterocycles. The molecule has 6 heteroatoms. The molecule has 0 saturated carbocycles. The quantitative estimate of drug-likeness (QED) is 0.798. The van der Waals surface area contributed by atoms with Crippen LogP contribution in [0.15, 0.2) is 35.8 Å². The van der Waals surface area contributed by atoms with E-state index in [1.54, 1.807) is 6.07 Å². The van der Waals surface area contributed by atoms with Crippen molar-refractivity contribution in [3.05, 3.63) is 52.0 Å². The zero-order valence-corrected chi connectivity index (χ0v) is 9.89. The maximum absolute atomic E-state index is 12.3. The van der Waals surface area contributed by atoms with Gasteiger partial charge in [-0.05, 0) is 23.6 Å². The van der Waals surface area contributed by atoms with E-state index in [-0.39, 0.29) is 17.9 Å². The van der Waals surface area contributed by atoms with Crippen molar-refractivity contribution in [2.45, 2.75) is 12.6 Å². The molecular weight excluding hydrogens is 263 g/mol. The van der Waals surface area contributed by atoms with Gasteiger partial charge in [0.05, 0.1) is 5.56 Å². The third-order valence-electron chi connectivity index (χ3n) is 2.29. The lowest BCUT2D eigenvalue weighted by molar-refractivity contribution is -0.137. The number of hydrogen-bond acceptors (Lipinski definition) is 3. The molecule has 0 amide bonds. The molecule has 18 heavy (non-hydrogen) atoms. The number of ketones is 1. The maximum Gasteiger partial charge on any atom is 0.417 e. The molecule has 2 nitrogen and oxygen atoms in total. The molecule has 0 aliphatic carbocycles. The molecule has 94 valence electrons. The molecule has 0 aromatic carbocycles. The zero-order valence-electron chi connectivity index (χ0n) is 9.07. The van der Waals surface area contributed by atoms with Gasteiger partial charge in [0.15, 0.2) is 5.78 Å². The van der Waals surface area contributed by atoms with Gasteiger partial charge < -0.3 is 0 Å². The van der Waals surface area contributed by atoms with E-state index in [9.17, 15) is 18.0 Å². The molecule has 2 rings (SSSR count). The molecule has 0 radical (unpaired) electrons. The number of halogens is 3. The van der Waals surface area contributed by atoms with Crippen LogP contribution in [0, 0.1) is 0 Å². The highest BCUT2D eigenvalue weighted by Gasteiger charge is 2.30. The number of nitrogens with zero attached hydrogens (tertiary/aromatic N) is 1. The van der Waals surface area contributed by atoms with Crippen LogP contribution >= 0.6 is 11.3 Å². The number of pyridine rings is 1. The first-order valence-electron chi connectivity index (χ1n) is 5.05. The minimum atomic E-state index is -4.43. The van der Waals surface area contributed by atoms with Crippen molar-refractivity contribution >= 4 is 17.1 Å². The average molecular weight is 271 g/mol. The van der Waals surface area contributed by atoms with Gasteiger partial charge in [0.25, 0.3) is 0 Å². The number of aromatic nitrogens is 1. The van der Waals surface area contributed by atoms with Gasteiger partial charge in [-0.25, -0.2) is 0 Å². The van der Waals surface area contributed by atoms with Crippen molar-refractivity contribution in [2.75, 3.05) is 0 Å². The Kier molecular flexibility index (Phi) is 3.47. The Hall–Kier alpha value is -1.69. The van der Waals surface area contributed by atoms with Crippen LogP contribution in [0.2, 0.25) is 0 Å². The summed E-state index contributed by atoms with van der Waals surface area (Å²) in [6.45, 7) is 0. The highest BCUT2D eigenvalue weighted by atomic mass is 32.1. The molecule has 0 atom stereocenters. The Labute approximate surface area is 105 Å². The number of thiophene rings is 1. The summed E-state index contributed by atoms with van der Waals surface area (Å²) in [4.78, 5) is 16.2. The molecule has 0 bridgehead atoms. The van der Waals surface area contributed by atoms with Gasteiger partial charge in [0, 0.05) is 17.5 Å². The monoisotopic (exact) mass is 271 g/mol. The van der Waals surface area contributed by atoms with Gasteiger partial charge >= 0.3 is 6.18 Å². The number of carbonyl (C=O) groups excluding carboxylic acids is 1. The summed E-state index contributed by atoms with van der Waals surface area (Å²) < 4.78 is 36.9. The van der Waals surface area contributed by atoms with Crippen molar-refractivity contribution in [3.63, 3.8) is 0 Å². The number of carbonyl (C=O) groups is 1. The van der Waals surface area contributed by atoms with E-state index < -0.39 is 11.7 Å². The Morgan fingerprint density at radius 3 is 2.56 bits per heavy atom. The molecule has 0 fully saturated rings. The Morgan fingerprint density at radius 1 is 1.28 bits per heavy atom. The molecule has 2 aromatic heterocycles. The first kappa shape index (κ1) is 12.8. The molecule has 0 aliphatic heterocycles. The lowest BCUT2D eigenvalue weighted by Crippen LogP contribution is -2.09. The average Bonchev–Trinajstić information content (AvgIpc) is 2.81. The summed E-state index contributed by atoms with van der Waals surface area (Å²) in [7, 11) is 0. The fraction of sp³-hybridized carbons (Fsp3) is 0.167. The highest BCUT2D eigenvalue weighted by Crippen LogP contribution is 2.28. The van der Waals surface area contributed by atoms with E-state index >= 15 is 0 Å². The molecule has 0 aliphatic rings. The zero-order chi connectivity index (χ0) is 13.2. The lowest BCUT2D eigenvalue weighted by atomic mass is 10.1. The number of rotatable bonds is 3. The van der Waals surface area contributed by atoms with Crippen LogP contribution in [0.5, 0.6) is 0 Å². The Balaban J connectivity index is 2.12. The number of Topliss-reactive ketones (excluding diaryl/α,β-unsaturated/α-hetero) is 1. The predicted molar refractivity (Wildman–Crippen MR) is 61.6 cm³/mol. The fourth-order valence-electron chi connectivity index (χ4n) is 1.39. The molecule has 0 spiro atoms. The third-order valence-corrected chi connectivity index (χ3v) is 3.17. The van der Waals surface area contributed by atoms with Crippen LogP contribution in [0.25, 0.3) is 0 Å². The Morgan fingerprint density at radius 2 is 2.06 bits per heavy atom. The number of alkyl halides is 3. The first-order valence-corrected chi connectivity index (χ1v) is 5.93. The minimum Gasteiger partial charge on any atom is -0.292 e. The Bertz CT molecular complexity index is 531. The van der Waals surface area contributed by atoms with Crippen LogP contribution in [0.1, 0.15) is 20.9 Å². The van der Waals surface area contributed by atoms with Gasteiger partial charge in [0.1, 0.15) is 5.69 Å². The summed E-state index contributed by atoms with van der Waals surface area (Å²) >= 11 is 1.42. The summed E-state index contributed by atoms with van der Waals surface area (Å²) in [5, 5.41) is 1.84. The normalized spacial score (nSPS) is 11.5. The largest absolute Gasteiger partial charge is 0.417 e. The standard InChI is InChI=1S/C12H8F3NOS/c13-12(14,15)8-3-4-10(16-7-8)11(17)6-9-2-1-5-18-9/h1-5,7H,6H2. The second-order valence-corrected chi connectivity index (χ2v) is 4.64. The molecule has 0 N–H and O–H groups in total. The van der Waals surface area contributed by atoms with Crippen molar-refractivity contribution in [1.82, 2.24) is 4.98 Å². The van der Waals surface area contributed by atoms with Crippen molar-refractivity contribution < 1.29 is 18.0 Å². The van der Waals surface area contributed by atoms with Crippen LogP contribution in [0.3, 0.4) is 0 Å². The minimum absolute atomic E-state index is 0.0522. The van der Waals surface area contributed by atoms with Crippen LogP contribution in [-0.2, 0) is 12.6 Å². The van der Waals surface area contributed by atoms with Gasteiger partial charge in [-0.3, -0.25) is 9.78 Å². The van der Waals surface area contributed by atoms with Gasteiger partial charge in [-0.1, -0.05) is 6.07 Å². The van der Waals surface area contributed by atoms with Crippen molar-refractivity contribution in [1.29, 1.82) is 0 Å². The third kappa shape index (κ3) is 2.95. The summed E-state index contributed by atoms with van der Waals surface area (Å²) in [6.07, 6.45) is -3.58. The predicted octanol–water partition coefficient (Wildman–Crippen LogP) is 3.59. The van der Waals surface area contributed by atoms with Gasteiger partial charge in [-0.15, -0.1) is 11.3 Å². The second kappa shape index (κ2) is 4.89. The first-order chi connectivity index (χ1) is 8.47. The maximum atomic E-state index is 12.3. The summed E-state index contributed by atoms with van der Waals surface area (Å²) in [6, 6.07) is 5.59. The van der Waals surface area contributed by atoms with E-state index in [0.29, 0.717) is 6.20 Å². The lowest BCUT2D eigenvalue weighted by Gasteiger charge is -2.06. The number of hydrogen-bond donors (Lipinski definition) is 0. The smallest absolute Gasteiger partial charge is 0.292 e. The van der Waals surface area contributed by atoms with E-state index in [1.807, 2.05) is 11.4 Å². The van der Waals surface area contributed by atoms with Crippen LogP contribution in [0.4, 0.5) is 13.2 Å². The molecule has 2 heterocycles. The molecule has 0 unspecified atom stereocenters. The summed E-state index contributed by atoms with van der Waals surface area (Å²) in [5.41, 5.74) is -0.799. The van der Waals surface area contributed by atoms with E-state index in [4.69, 9.17) is 0 Å². The van der Waals surface area contributed by atoms with E-state index in [2.05, 4.69) is 4.98 Å². The van der Waals surface area contributed by atoms with Crippen molar-refractivity contribution in [2.24, 2.45) is 0 Å². The highest BCUT2D eigenvalue weighted by molar-refractivity contribution is 7.10. The molecule has 2 aromatic rings. The van der Waals surface area contributed by atoms with E-state index in [0.717, 1.165) is 17.0 Å². The fourth-order valence-corrected chi connectivity index (χ4v) is 2.09. The SMILES string of the molecule is O=C(Cc1cccs1)c1ccc(C(F)(F)F)cn1. The van der Waals surface area contributed by atoms with Crippen molar-refractivity contribution in [3.8, 4) is 0 Å². The topological polar surface area (TPSA) is 30.0 Å². The second-order valence-electron chi connectivity index (χ2n) is 3.61. The van der Waals surface area contributed by atoms with Crippen LogP contribution in [-0.4, -0.2) is 10.8 Å². The van der Waals surface area contributed by atoms with Gasteiger partial charge in [0.2, 0.25) is 0 Å². The summed E-state index contributed by atoms with van der Waals surface area (Å²) in [5.74, 6) is -0.286.